The molecule has 0 spiro atoms. The molecular weight excluding hydrogens is 252 g/mol. The summed E-state index contributed by atoms with van der Waals surface area (Å²) < 4.78 is 0. The van der Waals surface area contributed by atoms with Gasteiger partial charge in [-0.3, -0.25) is 4.79 Å². The van der Waals surface area contributed by atoms with E-state index in [1.807, 2.05) is 13.8 Å². The van der Waals surface area contributed by atoms with E-state index < -0.39 is 12.2 Å². The number of aromatic amines is 1. The normalized spacial score (nSPS) is 12.4. The molecule has 112 valence electrons. The van der Waals surface area contributed by atoms with Crippen LogP contribution in [0.2, 0.25) is 0 Å². The Labute approximate surface area is 112 Å². The van der Waals surface area contributed by atoms with Gasteiger partial charge in [-0.05, 0) is 6.42 Å². The number of hydrogen-bond donors (Lipinski definition) is 5. The molecule has 0 aliphatic heterocycles. The third kappa shape index (κ3) is 7.02. The summed E-state index contributed by atoms with van der Waals surface area (Å²) in [4.78, 5) is 17.2. The minimum atomic E-state index is -1.17. The summed E-state index contributed by atoms with van der Waals surface area (Å²) in [5, 5.41) is 34.5. The average molecular weight is 276 g/mol. The summed E-state index contributed by atoms with van der Waals surface area (Å²) >= 11 is 0. The molecule has 2 unspecified atom stereocenters. The van der Waals surface area contributed by atoms with Crippen LogP contribution in [0, 0.1) is 0 Å². The predicted molar refractivity (Wildman–Crippen MR) is 70.8 cm³/mol. The number of nitrogens with zero attached hydrogens (tertiary/aromatic N) is 1. The van der Waals surface area contributed by atoms with E-state index in [-0.39, 0.29) is 30.3 Å². The van der Waals surface area contributed by atoms with Crippen LogP contribution in [-0.4, -0.2) is 56.0 Å². The number of aliphatic hydroxyl groups excluding tert-OH is 4. The zero-order valence-electron chi connectivity index (χ0n) is 11.8. The molecule has 5 N–H and O–H groups in total. The van der Waals surface area contributed by atoms with E-state index in [2.05, 4.69) is 9.97 Å². The van der Waals surface area contributed by atoms with Crippen LogP contribution in [0.3, 0.4) is 0 Å². The zero-order valence-corrected chi connectivity index (χ0v) is 11.8. The Kier molecular flexibility index (Phi) is 12.4. The van der Waals surface area contributed by atoms with Crippen molar-refractivity contribution in [3.05, 3.63) is 17.7 Å². The summed E-state index contributed by atoms with van der Waals surface area (Å²) in [6, 6.07) is 0. The molecule has 0 aliphatic carbocycles. The number of imidazole rings is 1. The fourth-order valence-electron chi connectivity index (χ4n) is 1.16. The van der Waals surface area contributed by atoms with Gasteiger partial charge in [0, 0.05) is 20.6 Å². The predicted octanol–water partition coefficient (Wildman–Crippen LogP) is 0.0237. The van der Waals surface area contributed by atoms with Crippen LogP contribution in [0.25, 0.3) is 0 Å². The molecule has 0 bridgehead atoms. The zero-order chi connectivity index (χ0) is 15.4. The Morgan fingerprint density at radius 2 is 1.89 bits per heavy atom. The van der Waals surface area contributed by atoms with Gasteiger partial charge in [-0.25, -0.2) is 4.98 Å². The summed E-state index contributed by atoms with van der Waals surface area (Å²) in [5.41, 5.74) is 0.265. The van der Waals surface area contributed by atoms with Crippen LogP contribution in [-0.2, 0) is 0 Å². The number of carbonyl (C=O) groups excluding carboxylic acids is 1. The SMILES string of the molecule is CC.CC(=O)c1ncc(C(O)C(O)CCO)[nH]1.CO. The van der Waals surface area contributed by atoms with E-state index in [0.717, 1.165) is 7.11 Å². The molecule has 0 amide bonds. The van der Waals surface area contributed by atoms with Crippen LogP contribution >= 0.6 is 0 Å². The molecular formula is C12H24N2O5. The quantitative estimate of drug-likeness (QED) is 0.483. The second kappa shape index (κ2) is 11.8. The number of ketones is 1. The number of Topliss-reactive ketones (excluding diaryl/α,β-unsaturated/α-hetero) is 1. The van der Waals surface area contributed by atoms with Gasteiger partial charge in [0.15, 0.2) is 11.6 Å². The summed E-state index contributed by atoms with van der Waals surface area (Å²) in [5.74, 6) is -0.106. The highest BCUT2D eigenvalue weighted by Crippen LogP contribution is 2.16. The number of aromatic nitrogens is 2. The van der Waals surface area contributed by atoms with Gasteiger partial charge in [0.25, 0.3) is 0 Å². The van der Waals surface area contributed by atoms with Gasteiger partial charge in [-0.2, -0.15) is 0 Å². The lowest BCUT2D eigenvalue weighted by Crippen LogP contribution is -2.19. The summed E-state index contributed by atoms with van der Waals surface area (Å²) in [7, 11) is 1.00. The third-order valence-corrected chi connectivity index (χ3v) is 2.04. The molecule has 0 aliphatic rings. The molecule has 1 rings (SSSR count). The standard InChI is InChI=1S/C9H14N2O4.C2H6.CH4O/c1-5(13)9-10-4-6(11-9)8(15)7(14)2-3-12;2*1-2/h4,7-8,12,14-15H,2-3H2,1H3,(H,10,11);1-2H3;2H,1H3. The molecule has 0 aromatic carbocycles. The van der Waals surface area contributed by atoms with Crippen molar-refractivity contribution in [3.8, 4) is 0 Å². The van der Waals surface area contributed by atoms with Crippen molar-refractivity contribution in [2.45, 2.75) is 39.4 Å². The summed E-state index contributed by atoms with van der Waals surface area (Å²) in [6.45, 7) is 5.13. The molecule has 1 heterocycles. The van der Waals surface area contributed by atoms with Crippen molar-refractivity contribution in [2.24, 2.45) is 0 Å². The van der Waals surface area contributed by atoms with Crippen molar-refractivity contribution in [1.82, 2.24) is 9.97 Å². The number of carbonyl (C=O) groups is 1. The first-order valence-corrected chi connectivity index (χ1v) is 6.03. The molecule has 7 heteroatoms. The lowest BCUT2D eigenvalue weighted by Gasteiger charge is -2.14. The van der Waals surface area contributed by atoms with Crippen LogP contribution in [0.15, 0.2) is 6.20 Å². The second-order valence-electron chi connectivity index (χ2n) is 3.27. The van der Waals surface area contributed by atoms with Crippen LogP contribution in [0.5, 0.6) is 0 Å². The Bertz CT molecular complexity index is 341. The number of aliphatic hydroxyl groups is 4. The lowest BCUT2D eigenvalue weighted by atomic mass is 10.1. The summed E-state index contributed by atoms with van der Waals surface area (Å²) in [6.07, 6.45) is -0.884. The Balaban J connectivity index is 0. The van der Waals surface area contributed by atoms with E-state index in [1.165, 1.54) is 13.1 Å². The first kappa shape index (κ1) is 20.0. The Hall–Kier alpha value is -1.28. The van der Waals surface area contributed by atoms with Crippen LogP contribution in [0.4, 0.5) is 0 Å². The maximum Gasteiger partial charge on any atom is 0.194 e. The van der Waals surface area contributed by atoms with E-state index in [4.69, 9.17) is 10.2 Å². The van der Waals surface area contributed by atoms with E-state index >= 15 is 0 Å². The number of rotatable bonds is 5. The smallest absolute Gasteiger partial charge is 0.194 e. The van der Waals surface area contributed by atoms with E-state index in [1.54, 1.807) is 0 Å². The third-order valence-electron chi connectivity index (χ3n) is 2.04. The van der Waals surface area contributed by atoms with Crippen molar-refractivity contribution < 1.29 is 25.2 Å². The highest BCUT2D eigenvalue weighted by atomic mass is 16.3. The molecule has 0 saturated heterocycles. The highest BCUT2D eigenvalue weighted by molar-refractivity contribution is 5.90. The highest BCUT2D eigenvalue weighted by Gasteiger charge is 2.20. The molecule has 7 nitrogen and oxygen atoms in total. The number of hydrogen-bond acceptors (Lipinski definition) is 6. The van der Waals surface area contributed by atoms with Crippen molar-refractivity contribution in [1.29, 1.82) is 0 Å². The maximum absolute atomic E-state index is 10.9. The van der Waals surface area contributed by atoms with Crippen molar-refractivity contribution >= 4 is 5.78 Å². The minimum absolute atomic E-state index is 0.0651. The molecule has 0 radical (unpaired) electrons. The molecule has 0 fully saturated rings. The van der Waals surface area contributed by atoms with Gasteiger partial charge in [0.1, 0.15) is 6.10 Å². The molecule has 0 saturated carbocycles. The largest absolute Gasteiger partial charge is 0.400 e. The van der Waals surface area contributed by atoms with Gasteiger partial charge in [-0.1, -0.05) is 13.8 Å². The van der Waals surface area contributed by atoms with Gasteiger partial charge in [-0.15, -0.1) is 0 Å². The second-order valence-corrected chi connectivity index (χ2v) is 3.27. The van der Waals surface area contributed by atoms with Crippen molar-refractivity contribution in [2.75, 3.05) is 13.7 Å². The monoisotopic (exact) mass is 276 g/mol. The van der Waals surface area contributed by atoms with Gasteiger partial charge in [0.05, 0.1) is 18.0 Å². The molecule has 19 heavy (non-hydrogen) atoms. The number of H-pyrrole nitrogens is 1. The fraction of sp³-hybridized carbons (Fsp3) is 0.667. The lowest BCUT2D eigenvalue weighted by molar-refractivity contribution is 0.00208. The Morgan fingerprint density at radius 3 is 2.26 bits per heavy atom. The molecule has 1 aromatic heterocycles. The van der Waals surface area contributed by atoms with E-state index in [0.29, 0.717) is 0 Å². The van der Waals surface area contributed by atoms with Crippen molar-refractivity contribution in [3.63, 3.8) is 0 Å². The number of nitrogens with one attached hydrogen (secondary N) is 1. The minimum Gasteiger partial charge on any atom is -0.400 e. The molecule has 2 atom stereocenters. The first-order valence-electron chi connectivity index (χ1n) is 6.03. The first-order chi connectivity index (χ1) is 9.06. The maximum atomic E-state index is 10.9. The van der Waals surface area contributed by atoms with Gasteiger partial charge in [0.2, 0.25) is 0 Å². The van der Waals surface area contributed by atoms with Crippen LogP contribution < -0.4 is 0 Å². The average Bonchev–Trinajstić information content (AvgIpc) is 2.92. The topological polar surface area (TPSA) is 127 Å². The van der Waals surface area contributed by atoms with Gasteiger partial charge >= 0.3 is 0 Å². The fourth-order valence-corrected chi connectivity index (χ4v) is 1.16. The van der Waals surface area contributed by atoms with Gasteiger partial charge < -0.3 is 25.4 Å². The van der Waals surface area contributed by atoms with Crippen LogP contribution in [0.1, 0.15) is 49.6 Å². The molecule has 1 aromatic rings. The Morgan fingerprint density at radius 1 is 1.37 bits per heavy atom. The van der Waals surface area contributed by atoms with E-state index in [9.17, 15) is 15.0 Å².